The van der Waals surface area contributed by atoms with E-state index in [2.05, 4.69) is 5.32 Å². The minimum absolute atomic E-state index is 0.0641. The quantitative estimate of drug-likeness (QED) is 0.881. The van der Waals surface area contributed by atoms with Gasteiger partial charge in [0.1, 0.15) is 10.7 Å². The lowest BCUT2D eigenvalue weighted by molar-refractivity contribution is -0.116. The molecular weight excluding hydrogens is 371 g/mol. The Balaban J connectivity index is 1.69. The molecule has 0 fully saturated rings. The molecule has 0 bridgehead atoms. The zero-order chi connectivity index (χ0) is 18.2. The number of fused-ring (bicyclic) bond motifs is 1. The standard InChI is InChI=1S/C16H12ClFN2O4S/c17-12-9-10(5-6-13(12)18)19-15(21)7-8-20-16(22)11-3-1-2-4-14(11)25(20,23)24/h1-6,9H,7-8H2,(H,19,21). The largest absolute Gasteiger partial charge is 0.326 e. The molecule has 0 radical (unpaired) electrons. The summed E-state index contributed by atoms with van der Waals surface area (Å²) in [6.45, 7) is -0.295. The minimum Gasteiger partial charge on any atom is -0.326 e. The Bertz CT molecular complexity index is 978. The summed E-state index contributed by atoms with van der Waals surface area (Å²) in [5.41, 5.74) is 0.364. The first-order chi connectivity index (χ1) is 11.8. The number of hydrogen-bond acceptors (Lipinski definition) is 4. The zero-order valence-corrected chi connectivity index (χ0v) is 14.3. The number of hydrogen-bond donors (Lipinski definition) is 1. The average Bonchev–Trinajstić information content (AvgIpc) is 2.76. The topological polar surface area (TPSA) is 83.6 Å². The number of halogens is 2. The van der Waals surface area contributed by atoms with Crippen molar-refractivity contribution in [1.29, 1.82) is 0 Å². The van der Waals surface area contributed by atoms with Crippen molar-refractivity contribution in [3.63, 3.8) is 0 Å². The molecule has 9 heteroatoms. The van der Waals surface area contributed by atoms with Crippen molar-refractivity contribution in [3.05, 3.63) is 58.9 Å². The van der Waals surface area contributed by atoms with E-state index in [9.17, 15) is 22.4 Å². The lowest BCUT2D eigenvalue weighted by Crippen LogP contribution is -2.33. The van der Waals surface area contributed by atoms with E-state index in [0.717, 1.165) is 6.07 Å². The van der Waals surface area contributed by atoms with Crippen molar-refractivity contribution >= 4 is 39.1 Å². The molecule has 0 aromatic heterocycles. The van der Waals surface area contributed by atoms with Crippen LogP contribution in [0.1, 0.15) is 16.8 Å². The van der Waals surface area contributed by atoms with E-state index in [1.165, 1.54) is 30.3 Å². The Kier molecular flexibility index (Phi) is 4.49. The molecule has 1 N–H and O–H groups in total. The molecule has 0 aliphatic carbocycles. The first-order valence-electron chi connectivity index (χ1n) is 7.22. The van der Waals surface area contributed by atoms with Crippen LogP contribution >= 0.6 is 11.6 Å². The molecule has 25 heavy (non-hydrogen) atoms. The summed E-state index contributed by atoms with van der Waals surface area (Å²) in [5.74, 6) is -1.80. The highest BCUT2D eigenvalue weighted by Crippen LogP contribution is 2.30. The van der Waals surface area contributed by atoms with Crippen LogP contribution in [-0.2, 0) is 14.8 Å². The maximum absolute atomic E-state index is 13.1. The summed E-state index contributed by atoms with van der Waals surface area (Å²) in [5, 5.41) is 2.33. The number of benzene rings is 2. The van der Waals surface area contributed by atoms with Gasteiger partial charge in [-0.2, -0.15) is 0 Å². The monoisotopic (exact) mass is 382 g/mol. The van der Waals surface area contributed by atoms with Crippen LogP contribution in [0.4, 0.5) is 10.1 Å². The number of rotatable bonds is 4. The van der Waals surface area contributed by atoms with Gasteiger partial charge in [-0.05, 0) is 30.3 Å². The fourth-order valence-electron chi connectivity index (χ4n) is 2.45. The van der Waals surface area contributed by atoms with Crippen LogP contribution in [0.15, 0.2) is 47.4 Å². The van der Waals surface area contributed by atoms with Gasteiger partial charge in [0.25, 0.3) is 15.9 Å². The van der Waals surface area contributed by atoms with Crippen LogP contribution in [0.3, 0.4) is 0 Å². The number of carbonyl (C=O) groups is 2. The average molecular weight is 383 g/mol. The molecule has 0 unspecified atom stereocenters. The predicted molar refractivity (Wildman–Crippen MR) is 89.3 cm³/mol. The van der Waals surface area contributed by atoms with Gasteiger partial charge in [-0.3, -0.25) is 9.59 Å². The fraction of sp³-hybridized carbons (Fsp3) is 0.125. The van der Waals surface area contributed by atoms with E-state index >= 15 is 0 Å². The van der Waals surface area contributed by atoms with Gasteiger partial charge in [-0.15, -0.1) is 0 Å². The normalized spacial score (nSPS) is 15.1. The van der Waals surface area contributed by atoms with Gasteiger partial charge in [0.2, 0.25) is 5.91 Å². The van der Waals surface area contributed by atoms with Gasteiger partial charge in [-0.25, -0.2) is 17.1 Å². The van der Waals surface area contributed by atoms with Gasteiger partial charge in [-0.1, -0.05) is 23.7 Å². The summed E-state index contributed by atoms with van der Waals surface area (Å²) >= 11 is 5.63. The second kappa shape index (κ2) is 6.45. The molecule has 0 saturated heterocycles. The Morgan fingerprint density at radius 1 is 1.20 bits per heavy atom. The van der Waals surface area contributed by atoms with Crippen molar-refractivity contribution in [2.24, 2.45) is 0 Å². The third-order valence-electron chi connectivity index (χ3n) is 3.66. The fourth-order valence-corrected chi connectivity index (χ4v) is 4.20. The summed E-state index contributed by atoms with van der Waals surface area (Å²) < 4.78 is 38.5. The molecule has 1 aliphatic heterocycles. The Morgan fingerprint density at radius 3 is 2.60 bits per heavy atom. The number of anilines is 1. The molecule has 1 heterocycles. The van der Waals surface area contributed by atoms with E-state index in [1.54, 1.807) is 6.07 Å². The maximum atomic E-state index is 13.1. The number of nitrogens with zero attached hydrogens (tertiary/aromatic N) is 1. The van der Waals surface area contributed by atoms with Crippen LogP contribution in [0, 0.1) is 5.82 Å². The highest BCUT2D eigenvalue weighted by atomic mass is 35.5. The Morgan fingerprint density at radius 2 is 1.92 bits per heavy atom. The van der Waals surface area contributed by atoms with E-state index in [1.807, 2.05) is 0 Å². The van der Waals surface area contributed by atoms with Crippen molar-refractivity contribution in [3.8, 4) is 0 Å². The van der Waals surface area contributed by atoms with Crippen molar-refractivity contribution in [2.75, 3.05) is 11.9 Å². The van der Waals surface area contributed by atoms with E-state index in [4.69, 9.17) is 11.6 Å². The summed E-state index contributed by atoms with van der Waals surface area (Å²) in [4.78, 5) is 24.1. The number of sulfonamides is 1. The van der Waals surface area contributed by atoms with Crippen molar-refractivity contribution < 1.29 is 22.4 Å². The van der Waals surface area contributed by atoms with Gasteiger partial charge < -0.3 is 5.32 Å². The van der Waals surface area contributed by atoms with E-state index in [0.29, 0.717) is 4.31 Å². The molecule has 130 valence electrons. The van der Waals surface area contributed by atoms with Gasteiger partial charge in [0, 0.05) is 18.7 Å². The lowest BCUT2D eigenvalue weighted by atomic mass is 10.2. The Labute approximate surface area is 148 Å². The van der Waals surface area contributed by atoms with Gasteiger partial charge in [0.05, 0.1) is 10.6 Å². The van der Waals surface area contributed by atoms with E-state index < -0.39 is 27.7 Å². The zero-order valence-electron chi connectivity index (χ0n) is 12.7. The lowest BCUT2D eigenvalue weighted by Gasteiger charge is -2.14. The highest BCUT2D eigenvalue weighted by molar-refractivity contribution is 7.90. The van der Waals surface area contributed by atoms with Crippen LogP contribution in [0.25, 0.3) is 0 Å². The SMILES string of the molecule is O=C(CCN1C(=O)c2ccccc2S1(=O)=O)Nc1ccc(F)c(Cl)c1. The number of carbonyl (C=O) groups excluding carboxylic acids is 2. The molecule has 0 spiro atoms. The smallest absolute Gasteiger partial charge is 0.269 e. The molecule has 2 amide bonds. The highest BCUT2D eigenvalue weighted by Gasteiger charge is 2.40. The van der Waals surface area contributed by atoms with Crippen LogP contribution in [0.5, 0.6) is 0 Å². The van der Waals surface area contributed by atoms with Gasteiger partial charge >= 0.3 is 0 Å². The molecule has 1 aliphatic rings. The maximum Gasteiger partial charge on any atom is 0.269 e. The van der Waals surface area contributed by atoms with Crippen LogP contribution < -0.4 is 5.32 Å². The molecule has 2 aromatic carbocycles. The number of nitrogens with one attached hydrogen (secondary N) is 1. The third kappa shape index (κ3) is 3.22. The first kappa shape index (κ1) is 17.4. The van der Waals surface area contributed by atoms with Crippen LogP contribution in [0.2, 0.25) is 5.02 Å². The summed E-state index contributed by atoms with van der Waals surface area (Å²) in [6.07, 6.45) is -0.242. The predicted octanol–water partition coefficient (Wildman–Crippen LogP) is 2.65. The van der Waals surface area contributed by atoms with Crippen molar-refractivity contribution in [1.82, 2.24) is 4.31 Å². The molecule has 0 atom stereocenters. The first-order valence-corrected chi connectivity index (χ1v) is 9.03. The minimum atomic E-state index is -3.94. The third-order valence-corrected chi connectivity index (χ3v) is 5.79. The number of amides is 2. The second-order valence-corrected chi connectivity index (χ2v) is 7.54. The molecule has 6 nitrogen and oxygen atoms in total. The second-order valence-electron chi connectivity index (χ2n) is 5.31. The molecule has 3 rings (SSSR count). The van der Waals surface area contributed by atoms with Crippen molar-refractivity contribution in [2.45, 2.75) is 11.3 Å². The van der Waals surface area contributed by atoms with E-state index in [-0.39, 0.29) is 34.1 Å². The molecule has 0 saturated carbocycles. The summed E-state index contributed by atoms with van der Waals surface area (Å²) in [7, 11) is -3.94. The molecule has 2 aromatic rings. The van der Waals surface area contributed by atoms with Crippen LogP contribution in [-0.4, -0.2) is 31.1 Å². The Hall–Kier alpha value is -2.45. The molecular formula is C16H12ClFN2O4S. The van der Waals surface area contributed by atoms with Gasteiger partial charge in [0.15, 0.2) is 0 Å². The summed E-state index contributed by atoms with van der Waals surface area (Å²) in [6, 6.07) is 9.54.